The molecule has 0 aromatic carbocycles. The van der Waals surface area contributed by atoms with E-state index >= 15 is 0 Å². The molecule has 0 spiro atoms. The minimum Gasteiger partial charge on any atom is -0.550 e. The first kappa shape index (κ1) is 38.9. The van der Waals surface area contributed by atoms with E-state index < -0.39 is 23.8 Å². The molecule has 238 valence electrons. The lowest BCUT2D eigenvalue weighted by Crippen LogP contribution is -2.48. The van der Waals surface area contributed by atoms with Crippen LogP contribution in [0.1, 0.15) is 201 Å². The molecule has 0 saturated heterocycles. The zero-order valence-electron chi connectivity index (χ0n) is 27.4. The second-order valence-corrected chi connectivity index (χ2v) is 13.1. The molecule has 0 rings (SSSR count). The minimum atomic E-state index is -1.31. The van der Waals surface area contributed by atoms with E-state index in [1.54, 1.807) is 0 Å². The number of unbranched alkanes of at least 4 members (excludes halogenated alkanes) is 16. The van der Waals surface area contributed by atoms with Crippen LogP contribution in [0.2, 0.25) is 0 Å². The Morgan fingerprint density at radius 1 is 0.475 bits per heavy atom. The monoisotopic (exact) mass is 565 g/mol. The fourth-order valence-electron chi connectivity index (χ4n) is 6.69. The standard InChI is InChI=1S/C36H70O4/c1-5-9-13-17-19-23-27-32(25-21-15-11-7-3)29-36(35(39)40,31-34(37)38)30-33(26-22-16-12-8-4)28-24-20-18-14-10-6-2/h32-33H,5-31H2,1-4H3,(H,37,38)(H,39,40)/p-2. The summed E-state index contributed by atoms with van der Waals surface area (Å²) in [5.74, 6) is -1.90. The molecule has 0 radical (unpaired) electrons. The fraction of sp³-hybridized carbons (Fsp3) is 0.944. The summed E-state index contributed by atoms with van der Waals surface area (Å²) in [5, 5.41) is 24.9. The van der Waals surface area contributed by atoms with Gasteiger partial charge in [-0.2, -0.15) is 0 Å². The van der Waals surface area contributed by atoms with Crippen molar-refractivity contribution in [2.75, 3.05) is 0 Å². The first-order chi connectivity index (χ1) is 19.3. The second-order valence-electron chi connectivity index (χ2n) is 13.1. The zero-order chi connectivity index (χ0) is 29.9. The molecule has 0 saturated carbocycles. The maximum Gasteiger partial charge on any atom is 0.0480 e. The summed E-state index contributed by atoms with van der Waals surface area (Å²) in [6, 6.07) is 0. The Morgan fingerprint density at radius 3 is 1.02 bits per heavy atom. The summed E-state index contributed by atoms with van der Waals surface area (Å²) in [5.41, 5.74) is -1.31. The molecule has 0 aliphatic carbocycles. The Kier molecular flexibility index (Phi) is 26.1. The quantitative estimate of drug-likeness (QED) is 0.0786. The number of carbonyl (C=O) groups excluding carboxylic acids is 2. The van der Waals surface area contributed by atoms with Crippen LogP contribution < -0.4 is 10.2 Å². The first-order valence-electron chi connectivity index (χ1n) is 17.8. The van der Waals surface area contributed by atoms with Crippen molar-refractivity contribution >= 4 is 11.9 Å². The zero-order valence-corrected chi connectivity index (χ0v) is 27.4. The van der Waals surface area contributed by atoms with Crippen molar-refractivity contribution in [3.05, 3.63) is 0 Å². The van der Waals surface area contributed by atoms with Crippen molar-refractivity contribution in [3.63, 3.8) is 0 Å². The molecule has 0 N–H and O–H groups in total. The van der Waals surface area contributed by atoms with Gasteiger partial charge in [0, 0.05) is 17.4 Å². The van der Waals surface area contributed by atoms with Crippen LogP contribution in [0.3, 0.4) is 0 Å². The Bertz CT molecular complexity index is 553. The minimum absolute atomic E-state index is 0.245. The van der Waals surface area contributed by atoms with Gasteiger partial charge in [-0.3, -0.25) is 0 Å². The van der Waals surface area contributed by atoms with E-state index in [2.05, 4.69) is 27.7 Å². The molecule has 0 aromatic heterocycles. The van der Waals surface area contributed by atoms with Crippen molar-refractivity contribution < 1.29 is 19.8 Å². The van der Waals surface area contributed by atoms with E-state index in [1.807, 2.05) is 0 Å². The van der Waals surface area contributed by atoms with Gasteiger partial charge in [0.15, 0.2) is 0 Å². The highest BCUT2D eigenvalue weighted by Gasteiger charge is 2.37. The number of carbonyl (C=O) groups is 2. The van der Waals surface area contributed by atoms with Crippen LogP contribution in [-0.4, -0.2) is 11.9 Å². The van der Waals surface area contributed by atoms with Gasteiger partial charge in [-0.15, -0.1) is 0 Å². The van der Waals surface area contributed by atoms with E-state index in [1.165, 1.54) is 103 Å². The first-order valence-corrected chi connectivity index (χ1v) is 17.8. The predicted molar refractivity (Wildman–Crippen MR) is 167 cm³/mol. The summed E-state index contributed by atoms with van der Waals surface area (Å²) < 4.78 is 0. The highest BCUT2D eigenvalue weighted by atomic mass is 16.4. The number of carboxylic acids is 2. The third-order valence-corrected chi connectivity index (χ3v) is 9.14. The normalized spacial score (nSPS) is 14.6. The molecular formula is C36H68O4-2. The Hall–Kier alpha value is -1.06. The molecule has 0 bridgehead atoms. The smallest absolute Gasteiger partial charge is 0.0480 e. The molecule has 0 aliphatic heterocycles. The molecule has 4 nitrogen and oxygen atoms in total. The lowest BCUT2D eigenvalue weighted by atomic mass is 9.68. The van der Waals surface area contributed by atoms with Crippen molar-refractivity contribution in [1.29, 1.82) is 0 Å². The highest BCUT2D eigenvalue weighted by Crippen LogP contribution is 2.42. The van der Waals surface area contributed by atoms with Gasteiger partial charge in [-0.25, -0.2) is 0 Å². The Morgan fingerprint density at radius 2 is 0.750 bits per heavy atom. The molecular weight excluding hydrogens is 496 g/mol. The van der Waals surface area contributed by atoms with Gasteiger partial charge in [0.2, 0.25) is 0 Å². The van der Waals surface area contributed by atoms with E-state index in [4.69, 9.17) is 0 Å². The predicted octanol–water partition coefficient (Wildman–Crippen LogP) is 9.32. The molecule has 2 atom stereocenters. The van der Waals surface area contributed by atoms with Crippen LogP contribution in [0.15, 0.2) is 0 Å². The van der Waals surface area contributed by atoms with Crippen LogP contribution in [0, 0.1) is 17.3 Å². The lowest BCUT2D eigenvalue weighted by Gasteiger charge is -2.41. The second kappa shape index (κ2) is 26.8. The van der Waals surface area contributed by atoms with E-state index in [-0.39, 0.29) is 11.8 Å². The van der Waals surface area contributed by atoms with Crippen LogP contribution in [0.25, 0.3) is 0 Å². The summed E-state index contributed by atoms with van der Waals surface area (Å²) >= 11 is 0. The third kappa shape index (κ3) is 20.8. The number of aliphatic carboxylic acids is 2. The van der Waals surface area contributed by atoms with E-state index in [0.29, 0.717) is 12.8 Å². The molecule has 4 heteroatoms. The van der Waals surface area contributed by atoms with Gasteiger partial charge in [0.25, 0.3) is 0 Å². The average molecular weight is 565 g/mol. The molecule has 0 fully saturated rings. The van der Waals surface area contributed by atoms with E-state index in [0.717, 1.165) is 51.4 Å². The molecule has 0 aliphatic rings. The van der Waals surface area contributed by atoms with Gasteiger partial charge in [-0.05, 0) is 31.1 Å². The topological polar surface area (TPSA) is 80.3 Å². The van der Waals surface area contributed by atoms with Crippen molar-refractivity contribution in [2.45, 2.75) is 201 Å². The molecule has 2 unspecified atom stereocenters. The van der Waals surface area contributed by atoms with Crippen molar-refractivity contribution in [1.82, 2.24) is 0 Å². The van der Waals surface area contributed by atoms with Crippen molar-refractivity contribution in [2.24, 2.45) is 17.3 Å². The van der Waals surface area contributed by atoms with Crippen molar-refractivity contribution in [3.8, 4) is 0 Å². The van der Waals surface area contributed by atoms with Crippen LogP contribution in [0.4, 0.5) is 0 Å². The van der Waals surface area contributed by atoms with Gasteiger partial charge in [-0.1, -0.05) is 182 Å². The maximum absolute atomic E-state index is 12.9. The average Bonchev–Trinajstić information content (AvgIpc) is 2.92. The molecule has 0 heterocycles. The maximum atomic E-state index is 12.9. The molecule has 0 amide bonds. The molecule has 0 aromatic rings. The van der Waals surface area contributed by atoms with Gasteiger partial charge >= 0.3 is 0 Å². The Labute approximate surface area is 249 Å². The third-order valence-electron chi connectivity index (χ3n) is 9.14. The number of carboxylic acid groups (broad SMARTS) is 2. The number of hydrogen-bond acceptors (Lipinski definition) is 4. The fourth-order valence-corrected chi connectivity index (χ4v) is 6.69. The van der Waals surface area contributed by atoms with Crippen LogP contribution in [0.5, 0.6) is 0 Å². The largest absolute Gasteiger partial charge is 0.550 e. The van der Waals surface area contributed by atoms with Crippen LogP contribution >= 0.6 is 0 Å². The lowest BCUT2D eigenvalue weighted by molar-refractivity contribution is -0.330. The summed E-state index contributed by atoms with van der Waals surface area (Å²) in [6.45, 7) is 8.87. The summed E-state index contributed by atoms with van der Waals surface area (Å²) in [4.78, 5) is 24.9. The number of hydrogen-bond donors (Lipinski definition) is 0. The van der Waals surface area contributed by atoms with E-state index in [9.17, 15) is 19.8 Å². The SMILES string of the molecule is CCCCCCCCC(CCCCCC)CC(CC(=O)[O-])(CC(CCCCCC)CCCCCCCC)C(=O)[O-]. The van der Waals surface area contributed by atoms with Crippen LogP contribution in [-0.2, 0) is 9.59 Å². The highest BCUT2D eigenvalue weighted by molar-refractivity contribution is 5.79. The molecule has 40 heavy (non-hydrogen) atoms. The summed E-state index contributed by atoms with van der Waals surface area (Å²) in [6.07, 6.45) is 28.3. The van der Waals surface area contributed by atoms with Gasteiger partial charge in [0.1, 0.15) is 0 Å². The van der Waals surface area contributed by atoms with Gasteiger partial charge in [0.05, 0.1) is 0 Å². The van der Waals surface area contributed by atoms with Gasteiger partial charge < -0.3 is 19.8 Å². The summed E-state index contributed by atoms with van der Waals surface area (Å²) in [7, 11) is 0. The number of rotatable bonds is 31. The Balaban J connectivity index is 5.63.